The summed E-state index contributed by atoms with van der Waals surface area (Å²) in [5.74, 6) is 0.644. The number of carbonyl (C=O) groups excluding carboxylic acids is 1. The molecule has 0 aromatic carbocycles. The molecule has 92 valence electrons. The van der Waals surface area contributed by atoms with Crippen molar-refractivity contribution in [1.82, 2.24) is 4.90 Å². The SMILES string of the molecule is CC1CCCN1C(=O)C(N)C1CCCCC1. The first-order valence-corrected chi connectivity index (χ1v) is 6.76. The lowest BCUT2D eigenvalue weighted by Gasteiger charge is -2.31. The molecule has 1 aliphatic heterocycles. The highest BCUT2D eigenvalue weighted by atomic mass is 16.2. The maximum Gasteiger partial charge on any atom is 0.240 e. The van der Waals surface area contributed by atoms with Crippen molar-refractivity contribution in [3.05, 3.63) is 0 Å². The van der Waals surface area contributed by atoms with Gasteiger partial charge in [-0.2, -0.15) is 0 Å². The topological polar surface area (TPSA) is 46.3 Å². The Labute approximate surface area is 98.4 Å². The fraction of sp³-hybridized carbons (Fsp3) is 0.923. The highest BCUT2D eigenvalue weighted by Gasteiger charge is 2.33. The third-order valence-corrected chi connectivity index (χ3v) is 4.28. The van der Waals surface area contributed by atoms with Gasteiger partial charge in [-0.3, -0.25) is 4.79 Å². The summed E-state index contributed by atoms with van der Waals surface area (Å²) < 4.78 is 0. The molecule has 2 N–H and O–H groups in total. The van der Waals surface area contributed by atoms with Gasteiger partial charge in [0, 0.05) is 12.6 Å². The van der Waals surface area contributed by atoms with Crippen molar-refractivity contribution < 1.29 is 4.79 Å². The highest BCUT2D eigenvalue weighted by molar-refractivity contribution is 5.82. The Balaban J connectivity index is 1.92. The van der Waals surface area contributed by atoms with Gasteiger partial charge in [0.15, 0.2) is 0 Å². The van der Waals surface area contributed by atoms with Crippen LogP contribution in [0.4, 0.5) is 0 Å². The molecule has 2 rings (SSSR count). The average molecular weight is 224 g/mol. The molecule has 3 nitrogen and oxygen atoms in total. The summed E-state index contributed by atoms with van der Waals surface area (Å²) >= 11 is 0. The summed E-state index contributed by atoms with van der Waals surface area (Å²) in [6.45, 7) is 3.05. The minimum Gasteiger partial charge on any atom is -0.339 e. The minimum absolute atomic E-state index is 0.205. The van der Waals surface area contributed by atoms with Gasteiger partial charge in [0.05, 0.1) is 6.04 Å². The van der Waals surface area contributed by atoms with E-state index >= 15 is 0 Å². The second-order valence-electron chi connectivity index (χ2n) is 5.45. The van der Waals surface area contributed by atoms with E-state index in [0.29, 0.717) is 12.0 Å². The van der Waals surface area contributed by atoms with Crippen molar-refractivity contribution in [2.45, 2.75) is 64.0 Å². The number of nitrogens with zero attached hydrogens (tertiary/aromatic N) is 1. The first-order valence-electron chi connectivity index (χ1n) is 6.76. The van der Waals surface area contributed by atoms with Crippen LogP contribution in [-0.2, 0) is 4.79 Å². The van der Waals surface area contributed by atoms with Gasteiger partial charge in [0.25, 0.3) is 0 Å². The molecule has 2 atom stereocenters. The number of hydrogen-bond donors (Lipinski definition) is 1. The second-order valence-corrected chi connectivity index (χ2v) is 5.45. The van der Waals surface area contributed by atoms with Crippen LogP contribution in [0.15, 0.2) is 0 Å². The molecule has 0 spiro atoms. The van der Waals surface area contributed by atoms with E-state index in [9.17, 15) is 4.79 Å². The van der Waals surface area contributed by atoms with Crippen molar-refractivity contribution in [3.8, 4) is 0 Å². The molecule has 2 unspecified atom stereocenters. The van der Waals surface area contributed by atoms with E-state index in [2.05, 4.69) is 6.92 Å². The van der Waals surface area contributed by atoms with Crippen LogP contribution >= 0.6 is 0 Å². The van der Waals surface area contributed by atoms with Crippen LogP contribution in [0, 0.1) is 5.92 Å². The fourth-order valence-electron chi connectivity index (χ4n) is 3.15. The maximum absolute atomic E-state index is 12.3. The third kappa shape index (κ3) is 2.40. The van der Waals surface area contributed by atoms with Gasteiger partial charge in [0.2, 0.25) is 5.91 Å². The van der Waals surface area contributed by atoms with Gasteiger partial charge in [0.1, 0.15) is 0 Å². The first-order chi connectivity index (χ1) is 7.70. The molecule has 2 aliphatic rings. The van der Waals surface area contributed by atoms with E-state index in [4.69, 9.17) is 5.73 Å². The molecular formula is C13H24N2O. The predicted octanol–water partition coefficient (Wildman–Crippen LogP) is 1.90. The summed E-state index contributed by atoms with van der Waals surface area (Å²) in [6.07, 6.45) is 8.40. The van der Waals surface area contributed by atoms with E-state index < -0.39 is 0 Å². The Morgan fingerprint density at radius 2 is 1.88 bits per heavy atom. The van der Waals surface area contributed by atoms with Crippen LogP contribution < -0.4 is 5.73 Å². The van der Waals surface area contributed by atoms with Crippen LogP contribution in [0.5, 0.6) is 0 Å². The van der Waals surface area contributed by atoms with Gasteiger partial charge in [-0.25, -0.2) is 0 Å². The number of hydrogen-bond acceptors (Lipinski definition) is 2. The smallest absolute Gasteiger partial charge is 0.240 e. The summed E-state index contributed by atoms with van der Waals surface area (Å²) in [5.41, 5.74) is 6.14. The van der Waals surface area contributed by atoms with E-state index in [1.165, 1.54) is 19.3 Å². The molecule has 0 aromatic rings. The summed E-state index contributed by atoms with van der Waals surface area (Å²) in [5, 5.41) is 0. The summed E-state index contributed by atoms with van der Waals surface area (Å²) in [7, 11) is 0. The molecule has 1 saturated heterocycles. The molecule has 2 fully saturated rings. The zero-order valence-electron chi connectivity index (χ0n) is 10.3. The van der Waals surface area contributed by atoms with Gasteiger partial charge in [-0.05, 0) is 38.5 Å². The van der Waals surface area contributed by atoms with Crippen LogP contribution in [0.2, 0.25) is 0 Å². The Kier molecular flexibility index (Phi) is 3.85. The Morgan fingerprint density at radius 1 is 1.19 bits per heavy atom. The third-order valence-electron chi connectivity index (χ3n) is 4.28. The van der Waals surface area contributed by atoms with Gasteiger partial charge < -0.3 is 10.6 Å². The summed E-state index contributed by atoms with van der Waals surface area (Å²) in [4.78, 5) is 14.3. The first kappa shape index (κ1) is 11.9. The molecule has 1 heterocycles. The average Bonchev–Trinajstić information content (AvgIpc) is 2.75. The quantitative estimate of drug-likeness (QED) is 0.778. The van der Waals surface area contributed by atoms with Crippen LogP contribution in [0.1, 0.15) is 51.9 Å². The van der Waals surface area contributed by atoms with Crippen molar-refractivity contribution >= 4 is 5.91 Å². The Morgan fingerprint density at radius 3 is 2.44 bits per heavy atom. The number of rotatable bonds is 2. The largest absolute Gasteiger partial charge is 0.339 e. The molecule has 1 aliphatic carbocycles. The van der Waals surface area contributed by atoms with Gasteiger partial charge in [-0.15, -0.1) is 0 Å². The Hall–Kier alpha value is -0.570. The Bertz CT molecular complexity index is 248. The van der Waals surface area contributed by atoms with E-state index in [1.807, 2.05) is 4.90 Å². The van der Waals surface area contributed by atoms with E-state index in [1.54, 1.807) is 0 Å². The minimum atomic E-state index is -0.235. The zero-order chi connectivity index (χ0) is 11.5. The number of carbonyl (C=O) groups is 1. The highest BCUT2D eigenvalue weighted by Crippen LogP contribution is 2.27. The second kappa shape index (κ2) is 5.17. The van der Waals surface area contributed by atoms with Gasteiger partial charge in [-0.1, -0.05) is 19.3 Å². The van der Waals surface area contributed by atoms with E-state index in [-0.39, 0.29) is 11.9 Å². The molecular weight excluding hydrogens is 200 g/mol. The molecule has 0 aromatic heterocycles. The lowest BCUT2D eigenvalue weighted by molar-refractivity contribution is -0.134. The number of amides is 1. The van der Waals surface area contributed by atoms with E-state index in [0.717, 1.165) is 32.2 Å². The molecule has 0 bridgehead atoms. The fourth-order valence-corrected chi connectivity index (χ4v) is 3.15. The standard InChI is InChI=1S/C13H24N2O/c1-10-6-5-9-15(10)13(16)12(14)11-7-3-2-4-8-11/h10-12H,2-9,14H2,1H3. The lowest BCUT2D eigenvalue weighted by atomic mass is 9.83. The molecule has 1 saturated carbocycles. The molecule has 16 heavy (non-hydrogen) atoms. The van der Waals surface area contributed by atoms with Crippen molar-refractivity contribution in [3.63, 3.8) is 0 Å². The molecule has 1 amide bonds. The lowest BCUT2D eigenvalue weighted by Crippen LogP contribution is -2.49. The molecule has 0 radical (unpaired) electrons. The van der Waals surface area contributed by atoms with Crippen molar-refractivity contribution in [1.29, 1.82) is 0 Å². The van der Waals surface area contributed by atoms with Crippen LogP contribution in [-0.4, -0.2) is 29.4 Å². The number of nitrogens with two attached hydrogens (primary N) is 1. The monoisotopic (exact) mass is 224 g/mol. The van der Waals surface area contributed by atoms with Crippen LogP contribution in [0.25, 0.3) is 0 Å². The zero-order valence-corrected chi connectivity index (χ0v) is 10.3. The normalized spacial score (nSPS) is 29.4. The summed E-state index contributed by atoms with van der Waals surface area (Å²) in [6, 6.07) is 0.169. The van der Waals surface area contributed by atoms with Crippen molar-refractivity contribution in [2.24, 2.45) is 11.7 Å². The van der Waals surface area contributed by atoms with Gasteiger partial charge >= 0.3 is 0 Å². The van der Waals surface area contributed by atoms with Crippen molar-refractivity contribution in [2.75, 3.05) is 6.54 Å². The molecule has 3 heteroatoms. The van der Waals surface area contributed by atoms with Crippen LogP contribution in [0.3, 0.4) is 0 Å². The maximum atomic E-state index is 12.3. The predicted molar refractivity (Wildman–Crippen MR) is 65.0 cm³/mol. The number of likely N-dealkylation sites (tertiary alicyclic amines) is 1.